The van der Waals surface area contributed by atoms with Crippen molar-refractivity contribution in [1.29, 1.82) is 0 Å². The smallest absolute Gasteiger partial charge is 0.0474 e. The lowest BCUT2D eigenvalue weighted by Gasteiger charge is -2.38. The maximum atomic E-state index is 9.56. The summed E-state index contributed by atoms with van der Waals surface area (Å²) in [5.74, 6) is 0.468. The monoisotopic (exact) mass is 336 g/mol. The number of likely N-dealkylation sites (tertiary alicyclic amines) is 1. The maximum Gasteiger partial charge on any atom is 0.0474 e. The van der Waals surface area contributed by atoms with Crippen molar-refractivity contribution in [3.05, 3.63) is 34.9 Å². The van der Waals surface area contributed by atoms with Crippen LogP contribution in [-0.2, 0) is 6.54 Å². The van der Waals surface area contributed by atoms with Gasteiger partial charge in [-0.05, 0) is 62.4 Å². The number of hydrogen-bond donors (Lipinski definition) is 2. The van der Waals surface area contributed by atoms with Gasteiger partial charge in [-0.25, -0.2) is 0 Å². The van der Waals surface area contributed by atoms with Crippen LogP contribution in [0.2, 0.25) is 5.02 Å². The summed E-state index contributed by atoms with van der Waals surface area (Å²) in [5, 5.41) is 14.2. The van der Waals surface area contributed by atoms with Crippen molar-refractivity contribution < 1.29 is 5.11 Å². The van der Waals surface area contributed by atoms with Crippen molar-refractivity contribution >= 4 is 11.6 Å². The highest BCUT2D eigenvalue weighted by atomic mass is 35.5. The summed E-state index contributed by atoms with van der Waals surface area (Å²) in [6.07, 6.45) is 7.43. The first-order valence-electron chi connectivity index (χ1n) is 9.08. The number of rotatable bonds is 5. The second kappa shape index (κ2) is 8.48. The quantitative estimate of drug-likeness (QED) is 0.864. The van der Waals surface area contributed by atoms with E-state index in [2.05, 4.69) is 22.3 Å². The molecule has 0 aromatic heterocycles. The van der Waals surface area contributed by atoms with Crippen LogP contribution < -0.4 is 5.32 Å². The van der Waals surface area contributed by atoms with Crippen molar-refractivity contribution in [3.8, 4) is 0 Å². The number of aliphatic hydroxyl groups is 1. The van der Waals surface area contributed by atoms with Crippen molar-refractivity contribution in [2.24, 2.45) is 5.92 Å². The number of nitrogens with one attached hydrogen (secondary N) is 1. The molecular weight excluding hydrogens is 308 g/mol. The highest BCUT2D eigenvalue weighted by Gasteiger charge is 2.28. The van der Waals surface area contributed by atoms with Crippen LogP contribution in [-0.4, -0.2) is 41.8 Å². The fourth-order valence-electron chi connectivity index (χ4n) is 4.05. The molecule has 1 saturated carbocycles. The molecule has 1 heterocycles. The number of piperidine rings is 1. The minimum atomic E-state index is 0.340. The summed E-state index contributed by atoms with van der Waals surface area (Å²) >= 11 is 5.95. The van der Waals surface area contributed by atoms with Crippen LogP contribution in [0.4, 0.5) is 0 Å². The Bertz CT molecular complexity index is 471. The Hall–Kier alpha value is -0.610. The van der Waals surface area contributed by atoms with Gasteiger partial charge in [0.25, 0.3) is 0 Å². The summed E-state index contributed by atoms with van der Waals surface area (Å²) in [7, 11) is 0. The van der Waals surface area contributed by atoms with E-state index in [4.69, 9.17) is 11.6 Å². The Morgan fingerprint density at radius 2 is 1.74 bits per heavy atom. The molecule has 3 nitrogen and oxygen atoms in total. The molecule has 1 aliphatic heterocycles. The molecule has 2 fully saturated rings. The van der Waals surface area contributed by atoms with E-state index in [0.29, 0.717) is 24.6 Å². The standard InChI is InChI=1S/C19H29ClN2O/c20-17-7-5-15(6-8-17)13-22-11-9-18(10-12-22)21-19-4-2-1-3-16(19)14-23/h5-8,16,18-19,21,23H,1-4,9-14H2. The number of aliphatic hydroxyl groups excluding tert-OH is 1. The second-order valence-corrected chi connectivity index (χ2v) is 7.61. The van der Waals surface area contributed by atoms with Gasteiger partial charge in [0.15, 0.2) is 0 Å². The molecule has 0 radical (unpaired) electrons. The molecule has 0 amide bonds. The fourth-order valence-corrected chi connectivity index (χ4v) is 4.18. The molecule has 1 saturated heterocycles. The zero-order valence-corrected chi connectivity index (χ0v) is 14.6. The summed E-state index contributed by atoms with van der Waals surface area (Å²) in [6.45, 7) is 3.66. The SMILES string of the molecule is OCC1CCCCC1NC1CCN(Cc2ccc(Cl)cc2)CC1. The Morgan fingerprint density at radius 3 is 2.43 bits per heavy atom. The van der Waals surface area contributed by atoms with Crippen LogP contribution in [0, 0.1) is 5.92 Å². The van der Waals surface area contributed by atoms with E-state index in [1.807, 2.05) is 12.1 Å². The van der Waals surface area contributed by atoms with Crippen LogP contribution in [0.15, 0.2) is 24.3 Å². The van der Waals surface area contributed by atoms with Crippen LogP contribution in [0.1, 0.15) is 44.1 Å². The van der Waals surface area contributed by atoms with Gasteiger partial charge in [0, 0.05) is 30.3 Å². The Morgan fingerprint density at radius 1 is 1.04 bits per heavy atom. The average Bonchev–Trinajstić information content (AvgIpc) is 2.59. The van der Waals surface area contributed by atoms with E-state index in [-0.39, 0.29) is 0 Å². The van der Waals surface area contributed by atoms with Gasteiger partial charge in [-0.3, -0.25) is 4.90 Å². The molecule has 2 unspecified atom stereocenters. The minimum absolute atomic E-state index is 0.340. The molecule has 2 aliphatic rings. The van der Waals surface area contributed by atoms with E-state index in [1.54, 1.807) is 0 Å². The van der Waals surface area contributed by atoms with Crippen molar-refractivity contribution in [3.63, 3.8) is 0 Å². The first kappa shape index (κ1) is 17.2. The maximum absolute atomic E-state index is 9.56. The molecule has 1 aromatic rings. The highest BCUT2D eigenvalue weighted by Crippen LogP contribution is 2.25. The average molecular weight is 337 g/mol. The Labute approximate surface area is 145 Å². The molecule has 0 bridgehead atoms. The normalized spacial score (nSPS) is 27.2. The van der Waals surface area contributed by atoms with E-state index >= 15 is 0 Å². The van der Waals surface area contributed by atoms with E-state index in [9.17, 15) is 5.11 Å². The largest absolute Gasteiger partial charge is 0.396 e. The van der Waals surface area contributed by atoms with Crippen molar-refractivity contribution in [1.82, 2.24) is 10.2 Å². The van der Waals surface area contributed by atoms with E-state index in [1.165, 1.54) is 44.1 Å². The molecule has 2 N–H and O–H groups in total. The molecular formula is C19H29ClN2O. The zero-order valence-electron chi connectivity index (χ0n) is 13.9. The molecule has 4 heteroatoms. The second-order valence-electron chi connectivity index (χ2n) is 7.18. The number of benzene rings is 1. The molecule has 1 aliphatic carbocycles. The first-order chi connectivity index (χ1) is 11.2. The molecule has 0 spiro atoms. The summed E-state index contributed by atoms with van der Waals surface area (Å²) in [4.78, 5) is 2.53. The molecule has 2 atom stereocenters. The van der Waals surface area contributed by atoms with Crippen molar-refractivity contribution in [2.75, 3.05) is 19.7 Å². The van der Waals surface area contributed by atoms with Gasteiger partial charge >= 0.3 is 0 Å². The summed E-state index contributed by atoms with van der Waals surface area (Å²) in [6, 6.07) is 9.35. The zero-order chi connectivity index (χ0) is 16.1. The lowest BCUT2D eigenvalue weighted by Crippen LogP contribution is -2.49. The van der Waals surface area contributed by atoms with E-state index < -0.39 is 0 Å². The topological polar surface area (TPSA) is 35.5 Å². The number of halogens is 1. The lowest BCUT2D eigenvalue weighted by atomic mass is 9.84. The van der Waals surface area contributed by atoms with Gasteiger partial charge < -0.3 is 10.4 Å². The lowest BCUT2D eigenvalue weighted by molar-refractivity contribution is 0.126. The third-order valence-corrected chi connectivity index (χ3v) is 5.75. The van der Waals surface area contributed by atoms with Crippen molar-refractivity contribution in [2.45, 2.75) is 57.2 Å². The van der Waals surface area contributed by atoms with Gasteiger partial charge in [0.05, 0.1) is 0 Å². The predicted molar refractivity (Wildman–Crippen MR) is 95.7 cm³/mol. The van der Waals surface area contributed by atoms with Crippen LogP contribution in [0.5, 0.6) is 0 Å². The third kappa shape index (κ3) is 4.93. The van der Waals surface area contributed by atoms with Gasteiger partial charge in [0.1, 0.15) is 0 Å². The molecule has 23 heavy (non-hydrogen) atoms. The van der Waals surface area contributed by atoms with Gasteiger partial charge in [0.2, 0.25) is 0 Å². The van der Waals surface area contributed by atoms with Crippen LogP contribution >= 0.6 is 11.6 Å². The van der Waals surface area contributed by atoms with Crippen LogP contribution in [0.25, 0.3) is 0 Å². The molecule has 1 aromatic carbocycles. The third-order valence-electron chi connectivity index (χ3n) is 5.50. The van der Waals surface area contributed by atoms with Gasteiger partial charge in [-0.2, -0.15) is 0 Å². The summed E-state index contributed by atoms with van der Waals surface area (Å²) < 4.78 is 0. The summed E-state index contributed by atoms with van der Waals surface area (Å²) in [5.41, 5.74) is 1.34. The minimum Gasteiger partial charge on any atom is -0.396 e. The molecule has 3 rings (SSSR count). The van der Waals surface area contributed by atoms with Crippen LogP contribution in [0.3, 0.4) is 0 Å². The predicted octanol–water partition coefficient (Wildman–Crippen LogP) is 3.45. The van der Waals surface area contributed by atoms with Gasteiger partial charge in [-0.15, -0.1) is 0 Å². The Balaban J connectivity index is 1.43. The van der Waals surface area contributed by atoms with E-state index in [0.717, 1.165) is 24.7 Å². The first-order valence-corrected chi connectivity index (χ1v) is 9.46. The molecule has 128 valence electrons. The highest BCUT2D eigenvalue weighted by molar-refractivity contribution is 6.30. The number of nitrogens with zero attached hydrogens (tertiary/aromatic N) is 1. The number of hydrogen-bond acceptors (Lipinski definition) is 3. The Kier molecular flexibility index (Phi) is 6.35. The fraction of sp³-hybridized carbons (Fsp3) is 0.684. The van der Waals surface area contributed by atoms with Gasteiger partial charge in [-0.1, -0.05) is 36.6 Å².